The smallest absolute Gasteiger partial charge is 0.207 e. The molecule has 2 nitrogen and oxygen atoms in total. The number of hydrogen-bond acceptors (Lipinski definition) is 3. The summed E-state index contributed by atoms with van der Waals surface area (Å²) in [5.74, 6) is 0. The lowest BCUT2D eigenvalue weighted by molar-refractivity contribution is 0.461. The molecule has 0 radical (unpaired) electrons. The second kappa shape index (κ2) is 5.84. The van der Waals surface area contributed by atoms with Gasteiger partial charge in [0, 0.05) is 26.9 Å². The first-order valence-electron chi connectivity index (χ1n) is 3.83. The van der Waals surface area contributed by atoms with Gasteiger partial charge < -0.3 is 0 Å². The van der Waals surface area contributed by atoms with Gasteiger partial charge in [0.05, 0.1) is 9.21 Å². The van der Waals surface area contributed by atoms with Gasteiger partial charge in [-0.25, -0.2) is 3.97 Å². The van der Waals surface area contributed by atoms with E-state index in [1.54, 1.807) is 0 Å². The van der Waals surface area contributed by atoms with Gasteiger partial charge in [0.1, 0.15) is 0 Å². The van der Waals surface area contributed by atoms with Crippen LogP contribution in [-0.2, 0) is 8.54 Å². The Morgan fingerprint density at radius 1 is 1.36 bits per heavy atom. The molecule has 0 aromatic carbocycles. The predicted molar refractivity (Wildman–Crippen MR) is 58.6 cm³/mol. The van der Waals surface area contributed by atoms with Crippen molar-refractivity contribution in [3.63, 3.8) is 0 Å². The summed E-state index contributed by atoms with van der Waals surface area (Å²) in [6, 6.07) is 0. The Labute approximate surface area is 84.5 Å². The second-order valence-corrected chi connectivity index (χ2v) is 6.13. The molecular formula is C6H12IO2PS. The maximum absolute atomic E-state index is 11.3. The number of hydrogen-bond donors (Lipinski definition) is 0. The Morgan fingerprint density at radius 3 is 2.55 bits per heavy atom. The molecule has 0 N–H and O–H groups in total. The van der Waals surface area contributed by atoms with Gasteiger partial charge in [-0.15, -0.1) is 0 Å². The predicted octanol–water partition coefficient (Wildman–Crippen LogP) is 3.81. The van der Waals surface area contributed by atoms with Crippen LogP contribution in [0.1, 0.15) is 32.1 Å². The van der Waals surface area contributed by atoms with Crippen LogP contribution < -0.4 is 0 Å². The van der Waals surface area contributed by atoms with Gasteiger partial charge in [0.2, 0.25) is 8.03 Å². The van der Waals surface area contributed by atoms with Crippen molar-refractivity contribution in [3.8, 4) is 0 Å². The lowest BCUT2D eigenvalue weighted by Crippen LogP contribution is -2.07. The molecule has 1 saturated carbocycles. The molecule has 0 amide bonds. The average Bonchev–Trinajstić information content (AvgIpc) is 2.07. The van der Waals surface area contributed by atoms with Crippen molar-refractivity contribution < 1.29 is 8.54 Å². The highest BCUT2D eigenvalue weighted by Crippen LogP contribution is 2.43. The van der Waals surface area contributed by atoms with E-state index in [9.17, 15) is 4.57 Å². The van der Waals surface area contributed by atoms with Crippen LogP contribution in [0.3, 0.4) is 0 Å². The van der Waals surface area contributed by atoms with Gasteiger partial charge in [-0.3, -0.25) is 4.57 Å². The molecule has 11 heavy (non-hydrogen) atoms. The van der Waals surface area contributed by atoms with Gasteiger partial charge in [0.15, 0.2) is 0 Å². The zero-order valence-corrected chi connectivity index (χ0v) is 10.2. The molecule has 1 fully saturated rings. The first kappa shape index (κ1) is 10.4. The fraction of sp³-hybridized carbons (Fsp3) is 1.00. The molecule has 66 valence electrons. The minimum atomic E-state index is -1.74. The first-order valence-corrected chi connectivity index (χ1v) is 8.51. The van der Waals surface area contributed by atoms with Crippen LogP contribution in [0.5, 0.6) is 0 Å². The van der Waals surface area contributed by atoms with Crippen molar-refractivity contribution >= 4 is 38.4 Å². The molecule has 0 bridgehead atoms. The molecule has 0 aromatic heterocycles. The van der Waals surface area contributed by atoms with Gasteiger partial charge in [-0.2, -0.15) is 0 Å². The van der Waals surface area contributed by atoms with Gasteiger partial charge in [-0.1, -0.05) is 19.3 Å². The molecule has 1 rings (SSSR count). The largest absolute Gasteiger partial charge is 0.295 e. The van der Waals surface area contributed by atoms with Crippen LogP contribution in [0.15, 0.2) is 0 Å². The Balaban J connectivity index is 2.27. The quantitative estimate of drug-likeness (QED) is 0.450. The van der Waals surface area contributed by atoms with Crippen LogP contribution in [0.4, 0.5) is 0 Å². The Hall–Kier alpha value is 1.27. The molecule has 5 heteroatoms. The molecule has 0 saturated heterocycles. The van der Waals surface area contributed by atoms with Crippen molar-refractivity contribution in [2.75, 3.05) is 0 Å². The van der Waals surface area contributed by atoms with Crippen LogP contribution in [0, 0.1) is 0 Å². The highest BCUT2D eigenvalue weighted by molar-refractivity contribution is 14.2. The third kappa shape index (κ3) is 3.66. The highest BCUT2D eigenvalue weighted by atomic mass is 127. The van der Waals surface area contributed by atoms with E-state index in [4.69, 9.17) is 3.97 Å². The first-order chi connectivity index (χ1) is 5.34. The maximum atomic E-state index is 11.3. The van der Waals surface area contributed by atoms with E-state index in [-0.39, 0.29) is 0 Å². The lowest BCUT2D eigenvalue weighted by atomic mass is 10.0. The summed E-state index contributed by atoms with van der Waals surface area (Å²) in [5, 5.41) is 0. The SMILES string of the molecule is O=[PH](OSI)C1CCCCC1. The summed E-state index contributed by atoms with van der Waals surface area (Å²) >= 11 is 2.02. The molecule has 0 aromatic rings. The van der Waals surface area contributed by atoms with Crippen molar-refractivity contribution in [2.45, 2.75) is 37.8 Å². The number of rotatable bonds is 3. The molecular weight excluding hydrogens is 294 g/mol. The van der Waals surface area contributed by atoms with E-state index in [0.29, 0.717) is 5.66 Å². The highest BCUT2D eigenvalue weighted by Gasteiger charge is 2.19. The summed E-state index contributed by atoms with van der Waals surface area (Å²) < 4.78 is 16.4. The van der Waals surface area contributed by atoms with E-state index < -0.39 is 8.03 Å². The third-order valence-corrected chi connectivity index (χ3v) is 5.82. The molecule has 1 aliphatic carbocycles. The van der Waals surface area contributed by atoms with Crippen molar-refractivity contribution in [3.05, 3.63) is 0 Å². The second-order valence-electron chi connectivity index (χ2n) is 2.80. The topological polar surface area (TPSA) is 26.3 Å². The van der Waals surface area contributed by atoms with Crippen molar-refractivity contribution in [1.29, 1.82) is 0 Å². The van der Waals surface area contributed by atoms with Crippen LogP contribution in [-0.4, -0.2) is 5.66 Å². The van der Waals surface area contributed by atoms with E-state index in [2.05, 4.69) is 0 Å². The summed E-state index contributed by atoms with van der Waals surface area (Å²) in [5.41, 5.74) is 0.371. The van der Waals surface area contributed by atoms with Crippen molar-refractivity contribution in [1.82, 2.24) is 0 Å². The molecule has 1 atom stereocenters. The van der Waals surface area contributed by atoms with Gasteiger partial charge in [0.25, 0.3) is 0 Å². The Bertz CT molecular complexity index is 139. The molecule has 0 spiro atoms. The van der Waals surface area contributed by atoms with E-state index in [0.717, 1.165) is 12.8 Å². The van der Waals surface area contributed by atoms with E-state index in [1.807, 2.05) is 21.2 Å². The summed E-state index contributed by atoms with van der Waals surface area (Å²) in [6.07, 6.45) is 5.99. The molecule has 0 aliphatic heterocycles. The summed E-state index contributed by atoms with van der Waals surface area (Å²) in [7, 11) is -0.530. The van der Waals surface area contributed by atoms with E-state index in [1.165, 1.54) is 28.5 Å². The minimum absolute atomic E-state index is 0.371. The van der Waals surface area contributed by atoms with Crippen molar-refractivity contribution in [2.24, 2.45) is 0 Å². The fourth-order valence-electron chi connectivity index (χ4n) is 1.44. The van der Waals surface area contributed by atoms with Gasteiger partial charge in [-0.05, 0) is 12.8 Å². The fourth-order valence-corrected chi connectivity index (χ4v) is 4.70. The molecule has 0 heterocycles. The molecule has 1 unspecified atom stereocenters. The zero-order valence-electron chi connectivity index (χ0n) is 6.22. The van der Waals surface area contributed by atoms with Gasteiger partial charge >= 0.3 is 0 Å². The maximum Gasteiger partial charge on any atom is 0.207 e. The third-order valence-electron chi connectivity index (χ3n) is 2.05. The Kier molecular flexibility index (Phi) is 5.49. The Morgan fingerprint density at radius 2 is 2.00 bits per heavy atom. The minimum Gasteiger partial charge on any atom is -0.295 e. The lowest BCUT2D eigenvalue weighted by Gasteiger charge is -2.19. The normalized spacial score (nSPS) is 23.4. The van der Waals surface area contributed by atoms with Crippen LogP contribution in [0.2, 0.25) is 0 Å². The monoisotopic (exact) mass is 306 g/mol. The van der Waals surface area contributed by atoms with Crippen LogP contribution in [0.25, 0.3) is 0 Å². The summed E-state index contributed by atoms with van der Waals surface area (Å²) in [6.45, 7) is 0. The number of halogens is 1. The zero-order chi connectivity index (χ0) is 8.10. The standard InChI is InChI=1S/C6H12IO2PS/c7-11-9-10(8)6-4-2-1-3-5-6/h6,10H,1-5H2. The van der Waals surface area contributed by atoms with E-state index >= 15 is 0 Å². The van der Waals surface area contributed by atoms with Crippen LogP contribution >= 0.6 is 38.4 Å². The average molecular weight is 306 g/mol. The summed E-state index contributed by atoms with van der Waals surface area (Å²) in [4.78, 5) is 0. The molecule has 1 aliphatic rings.